The quantitative estimate of drug-likeness (QED) is 0.899. The van der Waals surface area contributed by atoms with E-state index < -0.39 is 0 Å². The number of methoxy groups -OCH3 is 1. The van der Waals surface area contributed by atoms with E-state index in [0.717, 1.165) is 17.0 Å². The number of carbonyl (C=O) groups is 1. The van der Waals surface area contributed by atoms with Gasteiger partial charge in [0, 0.05) is 11.4 Å². The van der Waals surface area contributed by atoms with Crippen molar-refractivity contribution in [3.8, 4) is 5.75 Å². The molecule has 104 valence electrons. The van der Waals surface area contributed by atoms with E-state index in [1.807, 2.05) is 26.0 Å². The minimum absolute atomic E-state index is 0.326. The summed E-state index contributed by atoms with van der Waals surface area (Å²) >= 11 is 0. The molecule has 5 heteroatoms. The van der Waals surface area contributed by atoms with Crippen LogP contribution < -0.4 is 15.4 Å². The van der Waals surface area contributed by atoms with Gasteiger partial charge in [-0.05, 0) is 55.8 Å². The highest BCUT2D eigenvalue weighted by Crippen LogP contribution is 2.15. The maximum atomic E-state index is 11.9. The zero-order valence-corrected chi connectivity index (χ0v) is 11.7. The molecule has 20 heavy (non-hydrogen) atoms. The maximum Gasteiger partial charge on any atom is 0.324 e. The Morgan fingerprint density at radius 3 is 2.40 bits per heavy atom. The van der Waals surface area contributed by atoms with Crippen LogP contribution in [0.25, 0.3) is 0 Å². The highest BCUT2D eigenvalue weighted by atomic mass is 16.5. The highest BCUT2D eigenvalue weighted by Gasteiger charge is 2.04. The number of hydrogen-bond donors (Lipinski definition) is 2. The number of aromatic nitrogens is 1. The van der Waals surface area contributed by atoms with Crippen LogP contribution in [0, 0.1) is 13.8 Å². The molecule has 0 aliphatic heterocycles. The number of hydrogen-bond acceptors (Lipinski definition) is 3. The Balaban J connectivity index is 2.01. The van der Waals surface area contributed by atoms with Crippen LogP contribution >= 0.6 is 0 Å². The molecule has 0 aliphatic carbocycles. The van der Waals surface area contributed by atoms with Crippen molar-refractivity contribution in [2.45, 2.75) is 13.8 Å². The van der Waals surface area contributed by atoms with Gasteiger partial charge in [0.15, 0.2) is 0 Å². The molecule has 2 rings (SSSR count). The van der Waals surface area contributed by atoms with Gasteiger partial charge in [-0.3, -0.25) is 5.32 Å². The molecule has 0 aliphatic rings. The SMILES string of the molecule is COc1ccc(NC(=O)Nc2cc(C)cc(C)n2)cc1. The van der Waals surface area contributed by atoms with Crippen LogP contribution in [0.2, 0.25) is 0 Å². The van der Waals surface area contributed by atoms with Gasteiger partial charge in [-0.25, -0.2) is 9.78 Å². The second-order valence-corrected chi connectivity index (χ2v) is 4.48. The third-order valence-corrected chi connectivity index (χ3v) is 2.69. The number of nitrogens with zero attached hydrogens (tertiary/aromatic N) is 1. The first-order chi connectivity index (χ1) is 9.56. The number of pyridine rings is 1. The number of urea groups is 1. The zero-order valence-electron chi connectivity index (χ0n) is 11.7. The summed E-state index contributed by atoms with van der Waals surface area (Å²) in [5, 5.41) is 5.44. The van der Waals surface area contributed by atoms with Gasteiger partial charge in [-0.1, -0.05) is 0 Å². The van der Waals surface area contributed by atoms with E-state index in [0.29, 0.717) is 11.5 Å². The smallest absolute Gasteiger partial charge is 0.324 e. The Hall–Kier alpha value is -2.56. The lowest BCUT2D eigenvalue weighted by molar-refractivity contribution is 0.262. The van der Waals surface area contributed by atoms with Crippen molar-refractivity contribution < 1.29 is 9.53 Å². The molecule has 1 heterocycles. The first-order valence-corrected chi connectivity index (χ1v) is 6.24. The van der Waals surface area contributed by atoms with E-state index in [9.17, 15) is 4.79 Å². The number of ether oxygens (including phenoxy) is 1. The first-order valence-electron chi connectivity index (χ1n) is 6.24. The molecular formula is C15H17N3O2. The highest BCUT2D eigenvalue weighted by molar-refractivity contribution is 5.99. The fourth-order valence-corrected chi connectivity index (χ4v) is 1.86. The standard InChI is InChI=1S/C15H17N3O2/c1-10-8-11(2)16-14(9-10)18-15(19)17-12-4-6-13(20-3)7-5-12/h4-9H,1-3H3,(H2,16,17,18,19). The number of aryl methyl sites for hydroxylation is 2. The molecule has 0 fully saturated rings. The van der Waals surface area contributed by atoms with Gasteiger partial charge in [-0.2, -0.15) is 0 Å². The Morgan fingerprint density at radius 2 is 1.80 bits per heavy atom. The third kappa shape index (κ3) is 3.71. The van der Waals surface area contributed by atoms with E-state index in [2.05, 4.69) is 15.6 Å². The number of benzene rings is 1. The average Bonchev–Trinajstić information content (AvgIpc) is 2.38. The molecule has 0 unspecified atom stereocenters. The van der Waals surface area contributed by atoms with Crippen LogP contribution in [-0.2, 0) is 0 Å². The van der Waals surface area contributed by atoms with E-state index in [1.165, 1.54) is 0 Å². The van der Waals surface area contributed by atoms with Crippen molar-refractivity contribution in [3.05, 3.63) is 47.7 Å². The van der Waals surface area contributed by atoms with Gasteiger partial charge in [0.2, 0.25) is 0 Å². The molecule has 2 amide bonds. The molecule has 2 N–H and O–H groups in total. The van der Waals surface area contributed by atoms with Crippen molar-refractivity contribution in [1.82, 2.24) is 4.98 Å². The summed E-state index contributed by atoms with van der Waals surface area (Å²) < 4.78 is 5.06. The van der Waals surface area contributed by atoms with Crippen LogP contribution in [0.4, 0.5) is 16.3 Å². The van der Waals surface area contributed by atoms with Crippen LogP contribution in [0.5, 0.6) is 5.75 Å². The minimum Gasteiger partial charge on any atom is -0.497 e. The number of rotatable bonds is 3. The van der Waals surface area contributed by atoms with Crippen molar-refractivity contribution in [1.29, 1.82) is 0 Å². The Kier molecular flexibility index (Phi) is 4.20. The lowest BCUT2D eigenvalue weighted by Gasteiger charge is -2.09. The molecule has 1 aromatic carbocycles. The summed E-state index contributed by atoms with van der Waals surface area (Å²) in [5.41, 5.74) is 2.61. The molecule has 0 radical (unpaired) electrons. The number of amides is 2. The molecule has 0 saturated carbocycles. The summed E-state index contributed by atoms with van der Waals surface area (Å²) in [6.45, 7) is 3.85. The Morgan fingerprint density at radius 1 is 1.10 bits per heavy atom. The van der Waals surface area contributed by atoms with Crippen molar-refractivity contribution in [2.24, 2.45) is 0 Å². The van der Waals surface area contributed by atoms with Gasteiger partial charge in [0.05, 0.1) is 7.11 Å². The van der Waals surface area contributed by atoms with E-state index in [1.54, 1.807) is 31.4 Å². The van der Waals surface area contributed by atoms with Crippen molar-refractivity contribution in [3.63, 3.8) is 0 Å². The second kappa shape index (κ2) is 6.06. The molecule has 0 bridgehead atoms. The third-order valence-electron chi connectivity index (χ3n) is 2.69. The minimum atomic E-state index is -0.326. The summed E-state index contributed by atoms with van der Waals surface area (Å²) in [7, 11) is 1.60. The Bertz CT molecular complexity index is 589. The van der Waals surface area contributed by atoms with Gasteiger partial charge < -0.3 is 10.1 Å². The fraction of sp³-hybridized carbons (Fsp3) is 0.200. The fourth-order valence-electron chi connectivity index (χ4n) is 1.86. The van der Waals surface area contributed by atoms with Gasteiger partial charge in [0.1, 0.15) is 11.6 Å². The van der Waals surface area contributed by atoms with Gasteiger partial charge in [-0.15, -0.1) is 0 Å². The molecule has 0 atom stereocenters. The van der Waals surface area contributed by atoms with Gasteiger partial charge in [0.25, 0.3) is 0 Å². The van der Waals surface area contributed by atoms with Gasteiger partial charge >= 0.3 is 6.03 Å². The number of carbonyl (C=O) groups excluding carboxylic acids is 1. The summed E-state index contributed by atoms with van der Waals surface area (Å²) in [6, 6.07) is 10.6. The number of nitrogens with one attached hydrogen (secondary N) is 2. The van der Waals surface area contributed by atoms with E-state index in [-0.39, 0.29) is 6.03 Å². The largest absolute Gasteiger partial charge is 0.497 e. The lowest BCUT2D eigenvalue weighted by atomic mass is 10.2. The molecule has 5 nitrogen and oxygen atoms in total. The summed E-state index contributed by atoms with van der Waals surface area (Å²) in [5.74, 6) is 1.28. The second-order valence-electron chi connectivity index (χ2n) is 4.48. The van der Waals surface area contributed by atoms with Crippen LogP contribution in [0.1, 0.15) is 11.3 Å². The molecule has 0 saturated heterocycles. The predicted molar refractivity (Wildman–Crippen MR) is 79.3 cm³/mol. The number of anilines is 2. The normalized spacial score (nSPS) is 9.95. The lowest BCUT2D eigenvalue weighted by Crippen LogP contribution is -2.20. The maximum absolute atomic E-state index is 11.9. The molecule has 2 aromatic rings. The molecule has 0 spiro atoms. The zero-order chi connectivity index (χ0) is 14.5. The Labute approximate surface area is 118 Å². The van der Waals surface area contributed by atoms with Crippen molar-refractivity contribution in [2.75, 3.05) is 17.7 Å². The van der Waals surface area contributed by atoms with E-state index in [4.69, 9.17) is 4.74 Å². The van der Waals surface area contributed by atoms with Crippen molar-refractivity contribution >= 4 is 17.5 Å². The average molecular weight is 271 g/mol. The first kappa shape index (κ1) is 13.9. The molecular weight excluding hydrogens is 254 g/mol. The van der Waals surface area contributed by atoms with Crippen LogP contribution in [0.15, 0.2) is 36.4 Å². The predicted octanol–water partition coefficient (Wildman–Crippen LogP) is 3.35. The molecule has 1 aromatic heterocycles. The van der Waals surface area contributed by atoms with Crippen LogP contribution in [0.3, 0.4) is 0 Å². The summed E-state index contributed by atoms with van der Waals surface area (Å²) in [4.78, 5) is 16.1. The van der Waals surface area contributed by atoms with E-state index >= 15 is 0 Å². The topological polar surface area (TPSA) is 63.2 Å². The monoisotopic (exact) mass is 271 g/mol. The summed E-state index contributed by atoms with van der Waals surface area (Å²) in [6.07, 6.45) is 0. The van der Waals surface area contributed by atoms with Crippen LogP contribution in [-0.4, -0.2) is 18.1 Å².